The number of carbonyl (C=O) groups excluding carboxylic acids is 1. The molecular weight excluding hydrogens is 204 g/mol. The van der Waals surface area contributed by atoms with E-state index < -0.39 is 0 Å². The maximum Gasteiger partial charge on any atom is 0.333 e. The Balaban J connectivity index is 1.60. The van der Waals surface area contributed by atoms with Gasteiger partial charge in [-0.1, -0.05) is 13.5 Å². The van der Waals surface area contributed by atoms with E-state index in [-0.39, 0.29) is 5.97 Å². The molecule has 3 nitrogen and oxygen atoms in total. The van der Waals surface area contributed by atoms with Crippen LogP contribution in [0.1, 0.15) is 20.3 Å². The van der Waals surface area contributed by atoms with Gasteiger partial charge in [0, 0.05) is 11.5 Å². The summed E-state index contributed by atoms with van der Waals surface area (Å²) < 4.78 is 10.9. The largest absolute Gasteiger partial charge is 0.462 e. The van der Waals surface area contributed by atoms with Crippen LogP contribution in [-0.2, 0) is 14.3 Å². The van der Waals surface area contributed by atoms with Gasteiger partial charge < -0.3 is 9.47 Å². The highest BCUT2D eigenvalue weighted by atomic mass is 16.6. The molecule has 1 saturated heterocycles. The molecule has 3 aliphatic rings. The molecule has 0 radical (unpaired) electrons. The normalized spacial score (nSPS) is 47.6. The molecule has 0 spiro atoms. The number of hydrogen-bond donors (Lipinski definition) is 0. The lowest BCUT2D eigenvalue weighted by atomic mass is 9.81. The highest BCUT2D eigenvalue weighted by Crippen LogP contribution is 2.61. The van der Waals surface area contributed by atoms with Crippen molar-refractivity contribution >= 4 is 5.97 Å². The summed E-state index contributed by atoms with van der Waals surface area (Å²) in [5, 5.41) is 0. The molecule has 2 bridgehead atoms. The van der Waals surface area contributed by atoms with Crippen molar-refractivity contribution < 1.29 is 14.3 Å². The van der Waals surface area contributed by atoms with Crippen LogP contribution in [0, 0.1) is 23.7 Å². The zero-order valence-electron chi connectivity index (χ0n) is 9.81. The van der Waals surface area contributed by atoms with Gasteiger partial charge in [0.2, 0.25) is 0 Å². The third kappa shape index (κ3) is 1.34. The van der Waals surface area contributed by atoms with Crippen LogP contribution >= 0.6 is 0 Å². The summed E-state index contributed by atoms with van der Waals surface area (Å²) in [6, 6.07) is 0. The maximum atomic E-state index is 11.4. The quantitative estimate of drug-likeness (QED) is 0.415. The van der Waals surface area contributed by atoms with Crippen molar-refractivity contribution in [2.45, 2.75) is 32.5 Å². The van der Waals surface area contributed by atoms with Crippen molar-refractivity contribution in [3.8, 4) is 0 Å². The van der Waals surface area contributed by atoms with Gasteiger partial charge in [0.25, 0.3) is 0 Å². The summed E-state index contributed by atoms with van der Waals surface area (Å²) >= 11 is 0. The van der Waals surface area contributed by atoms with Gasteiger partial charge in [-0.05, 0) is 31.1 Å². The van der Waals surface area contributed by atoms with Gasteiger partial charge in [-0.2, -0.15) is 0 Å². The van der Waals surface area contributed by atoms with E-state index in [1.54, 1.807) is 6.92 Å². The summed E-state index contributed by atoms with van der Waals surface area (Å²) in [6.45, 7) is 8.09. The monoisotopic (exact) mass is 222 g/mol. The Labute approximate surface area is 95.8 Å². The highest BCUT2D eigenvalue weighted by Gasteiger charge is 2.66. The number of hydrogen-bond acceptors (Lipinski definition) is 3. The van der Waals surface area contributed by atoms with Crippen LogP contribution in [0.4, 0.5) is 0 Å². The molecule has 16 heavy (non-hydrogen) atoms. The Hall–Kier alpha value is -0.830. The highest BCUT2D eigenvalue weighted by molar-refractivity contribution is 5.86. The minimum absolute atomic E-state index is 0.261. The fourth-order valence-electron chi connectivity index (χ4n) is 3.62. The molecule has 2 aliphatic carbocycles. The van der Waals surface area contributed by atoms with Crippen LogP contribution in [-0.4, -0.2) is 24.8 Å². The predicted molar refractivity (Wildman–Crippen MR) is 58.7 cm³/mol. The van der Waals surface area contributed by atoms with E-state index in [1.165, 1.54) is 6.42 Å². The molecule has 3 rings (SSSR count). The van der Waals surface area contributed by atoms with E-state index in [2.05, 4.69) is 13.5 Å². The number of esters is 1. The Morgan fingerprint density at radius 2 is 2.12 bits per heavy atom. The third-order valence-electron chi connectivity index (χ3n) is 4.61. The molecule has 0 N–H and O–H groups in total. The van der Waals surface area contributed by atoms with Crippen molar-refractivity contribution in [1.82, 2.24) is 0 Å². The Bertz CT molecular complexity index is 349. The third-order valence-corrected chi connectivity index (χ3v) is 4.61. The molecule has 88 valence electrons. The second kappa shape index (κ2) is 3.33. The molecule has 1 aliphatic heterocycles. The Morgan fingerprint density at radius 3 is 2.75 bits per heavy atom. The van der Waals surface area contributed by atoms with E-state index in [0.29, 0.717) is 48.1 Å². The van der Waals surface area contributed by atoms with Gasteiger partial charge in [-0.3, -0.25) is 0 Å². The van der Waals surface area contributed by atoms with E-state index in [0.717, 1.165) is 0 Å². The van der Waals surface area contributed by atoms with Gasteiger partial charge >= 0.3 is 5.97 Å². The first kappa shape index (κ1) is 10.3. The fourth-order valence-corrected chi connectivity index (χ4v) is 3.62. The number of rotatable bonds is 3. The van der Waals surface area contributed by atoms with Gasteiger partial charge in [-0.15, -0.1) is 0 Å². The molecule has 6 unspecified atom stereocenters. The first-order valence-corrected chi connectivity index (χ1v) is 6.07. The zero-order chi connectivity index (χ0) is 11.4. The van der Waals surface area contributed by atoms with Crippen molar-refractivity contribution in [3.63, 3.8) is 0 Å². The zero-order valence-corrected chi connectivity index (χ0v) is 9.81. The summed E-state index contributed by atoms with van der Waals surface area (Å²) in [5.41, 5.74) is 0.483. The number of ether oxygens (including phenoxy) is 2. The molecule has 2 saturated carbocycles. The van der Waals surface area contributed by atoms with Gasteiger partial charge in [0.15, 0.2) is 0 Å². The summed E-state index contributed by atoms with van der Waals surface area (Å²) in [5.74, 6) is 2.21. The molecule has 0 aromatic heterocycles. The molecule has 0 aromatic carbocycles. The topological polar surface area (TPSA) is 38.8 Å². The molecule has 6 atom stereocenters. The number of carbonyl (C=O) groups is 1. The van der Waals surface area contributed by atoms with E-state index in [4.69, 9.17) is 9.47 Å². The minimum Gasteiger partial charge on any atom is -0.462 e. The van der Waals surface area contributed by atoms with E-state index >= 15 is 0 Å². The fraction of sp³-hybridized carbons (Fsp3) is 0.769. The summed E-state index contributed by atoms with van der Waals surface area (Å²) in [4.78, 5) is 11.4. The standard InChI is InChI=1S/C13H18O3/c1-6(2)13(14)15-5-10-7(3)8-4-9(10)12-11(8)16-12/h7-12H,1,4-5H2,2-3H3. The molecule has 0 amide bonds. The van der Waals surface area contributed by atoms with Crippen molar-refractivity contribution in [1.29, 1.82) is 0 Å². The molecule has 0 aromatic rings. The number of fused-ring (bicyclic) bond motifs is 5. The van der Waals surface area contributed by atoms with Crippen molar-refractivity contribution in [2.75, 3.05) is 6.61 Å². The first-order valence-electron chi connectivity index (χ1n) is 6.07. The molecule has 3 fully saturated rings. The second-order valence-electron chi connectivity index (χ2n) is 5.53. The molecule has 1 heterocycles. The minimum atomic E-state index is -0.261. The summed E-state index contributed by atoms with van der Waals surface area (Å²) in [7, 11) is 0. The Kier molecular flexibility index (Phi) is 2.15. The summed E-state index contributed by atoms with van der Waals surface area (Å²) in [6.07, 6.45) is 2.29. The van der Waals surface area contributed by atoms with Crippen LogP contribution in [0.25, 0.3) is 0 Å². The van der Waals surface area contributed by atoms with Crippen molar-refractivity contribution in [3.05, 3.63) is 12.2 Å². The van der Waals surface area contributed by atoms with Crippen LogP contribution in [0.3, 0.4) is 0 Å². The average Bonchev–Trinajstić information content (AvgIpc) is 2.88. The lowest BCUT2D eigenvalue weighted by molar-refractivity contribution is -0.141. The van der Waals surface area contributed by atoms with E-state index in [9.17, 15) is 4.79 Å². The lowest BCUT2D eigenvalue weighted by Gasteiger charge is -2.25. The number of epoxide rings is 1. The Morgan fingerprint density at radius 1 is 1.44 bits per heavy atom. The maximum absolute atomic E-state index is 11.4. The van der Waals surface area contributed by atoms with Crippen LogP contribution in [0.5, 0.6) is 0 Å². The smallest absolute Gasteiger partial charge is 0.333 e. The van der Waals surface area contributed by atoms with Gasteiger partial charge in [-0.25, -0.2) is 4.79 Å². The molecule has 3 heteroatoms. The van der Waals surface area contributed by atoms with Crippen molar-refractivity contribution in [2.24, 2.45) is 23.7 Å². The van der Waals surface area contributed by atoms with Gasteiger partial charge in [0.05, 0.1) is 18.8 Å². The van der Waals surface area contributed by atoms with Crippen LogP contribution in [0.15, 0.2) is 12.2 Å². The molecular formula is C13H18O3. The first-order chi connectivity index (χ1) is 7.59. The average molecular weight is 222 g/mol. The predicted octanol–water partition coefficient (Wildman–Crippen LogP) is 1.78. The van der Waals surface area contributed by atoms with Crippen LogP contribution < -0.4 is 0 Å². The van der Waals surface area contributed by atoms with Gasteiger partial charge in [0.1, 0.15) is 0 Å². The van der Waals surface area contributed by atoms with E-state index in [1.807, 2.05) is 0 Å². The SMILES string of the molecule is C=C(C)C(=O)OCC1C(C)C2CC1C1OC21. The van der Waals surface area contributed by atoms with Crippen LogP contribution in [0.2, 0.25) is 0 Å². The second-order valence-corrected chi connectivity index (χ2v) is 5.53. The lowest BCUT2D eigenvalue weighted by Crippen LogP contribution is -2.30.